The summed E-state index contributed by atoms with van der Waals surface area (Å²) < 4.78 is 6.03. The van der Waals surface area contributed by atoms with Crippen LogP contribution in [0.4, 0.5) is 0 Å². The van der Waals surface area contributed by atoms with Gasteiger partial charge in [0.25, 0.3) is 5.56 Å². The minimum Gasteiger partial charge on any atom is -0.460 e. The van der Waals surface area contributed by atoms with Crippen LogP contribution in [0.15, 0.2) is 57.9 Å². The molecule has 0 saturated heterocycles. The highest BCUT2D eigenvalue weighted by molar-refractivity contribution is 5.63. The van der Waals surface area contributed by atoms with Gasteiger partial charge in [0.1, 0.15) is 11.5 Å². The van der Waals surface area contributed by atoms with Crippen molar-refractivity contribution >= 4 is 0 Å². The topological polar surface area (TPSA) is 58.0 Å². The lowest BCUT2D eigenvalue weighted by Crippen LogP contribution is -2.19. The Morgan fingerprint density at radius 2 is 1.76 bits per heavy atom. The number of hydrogen-bond acceptors (Lipinski definition) is 3. The highest BCUT2D eigenvalue weighted by Crippen LogP contribution is 2.30. The molecule has 0 spiro atoms. The summed E-state index contributed by atoms with van der Waals surface area (Å²) in [5.41, 5.74) is 4.43. The molecule has 4 nitrogen and oxygen atoms in total. The second-order valence-corrected chi connectivity index (χ2v) is 6.55. The maximum Gasteiger partial charge on any atom is 0.251 e. The van der Waals surface area contributed by atoms with Crippen LogP contribution >= 0.6 is 0 Å². The van der Waals surface area contributed by atoms with Gasteiger partial charge in [-0.3, -0.25) is 4.79 Å². The number of hydrogen-bond donors (Lipinski definition) is 2. The standard InChI is InChI=1S/C21H22N2O2/c24-21-18-9-5-4-8-17(18)19(14-23-21)20-11-10-16(25-20)13-22-12-15-6-2-1-3-7-15/h1-3,6-7,10-11,14,22H,4-5,8-9,12-13H2,(H,23,24). The van der Waals surface area contributed by atoms with Gasteiger partial charge < -0.3 is 14.7 Å². The first-order valence-corrected chi connectivity index (χ1v) is 8.88. The van der Waals surface area contributed by atoms with Crippen molar-refractivity contribution in [2.45, 2.75) is 38.8 Å². The molecule has 128 valence electrons. The third-order valence-electron chi connectivity index (χ3n) is 4.81. The van der Waals surface area contributed by atoms with E-state index in [-0.39, 0.29) is 5.56 Å². The zero-order chi connectivity index (χ0) is 17.1. The number of pyridine rings is 1. The fraction of sp³-hybridized carbons (Fsp3) is 0.286. The van der Waals surface area contributed by atoms with Gasteiger partial charge in [0.2, 0.25) is 0 Å². The van der Waals surface area contributed by atoms with Crippen LogP contribution in [0.3, 0.4) is 0 Å². The zero-order valence-corrected chi connectivity index (χ0v) is 14.2. The lowest BCUT2D eigenvalue weighted by Gasteiger charge is -2.17. The van der Waals surface area contributed by atoms with Crippen LogP contribution in [0.25, 0.3) is 11.3 Å². The van der Waals surface area contributed by atoms with Crippen molar-refractivity contribution < 1.29 is 4.42 Å². The van der Waals surface area contributed by atoms with E-state index in [1.165, 1.54) is 5.56 Å². The van der Waals surface area contributed by atoms with E-state index in [2.05, 4.69) is 22.4 Å². The van der Waals surface area contributed by atoms with Gasteiger partial charge in [-0.25, -0.2) is 0 Å². The average molecular weight is 334 g/mol. The summed E-state index contributed by atoms with van der Waals surface area (Å²) in [5.74, 6) is 1.74. The first kappa shape index (κ1) is 15.9. The third kappa shape index (κ3) is 3.44. The molecular formula is C21H22N2O2. The summed E-state index contributed by atoms with van der Waals surface area (Å²) >= 11 is 0. The number of benzene rings is 1. The van der Waals surface area contributed by atoms with Gasteiger partial charge in [-0.1, -0.05) is 30.3 Å². The summed E-state index contributed by atoms with van der Waals surface area (Å²) in [6, 6.07) is 14.3. The van der Waals surface area contributed by atoms with Crippen LogP contribution in [0.1, 0.15) is 35.3 Å². The van der Waals surface area contributed by atoms with Crippen LogP contribution in [0.5, 0.6) is 0 Å². The summed E-state index contributed by atoms with van der Waals surface area (Å²) in [6.45, 7) is 1.49. The summed E-state index contributed by atoms with van der Waals surface area (Å²) in [4.78, 5) is 14.9. The van der Waals surface area contributed by atoms with Gasteiger partial charge >= 0.3 is 0 Å². The molecule has 0 saturated carbocycles. The third-order valence-corrected chi connectivity index (χ3v) is 4.81. The minimum atomic E-state index is 0.0507. The predicted octanol–water partition coefficient (Wildman–Crippen LogP) is 3.80. The first-order valence-electron chi connectivity index (χ1n) is 8.88. The van der Waals surface area contributed by atoms with Crippen molar-refractivity contribution in [3.05, 3.63) is 81.5 Å². The first-order chi connectivity index (χ1) is 12.3. The quantitative estimate of drug-likeness (QED) is 0.746. The molecule has 0 unspecified atom stereocenters. The van der Waals surface area contributed by atoms with Crippen LogP contribution in [-0.2, 0) is 25.9 Å². The van der Waals surface area contributed by atoms with Gasteiger partial charge in [-0.15, -0.1) is 0 Å². The van der Waals surface area contributed by atoms with E-state index in [1.54, 1.807) is 6.20 Å². The minimum absolute atomic E-state index is 0.0507. The number of rotatable bonds is 5. The number of H-pyrrole nitrogens is 1. The van der Waals surface area contributed by atoms with Crippen LogP contribution < -0.4 is 10.9 Å². The average Bonchev–Trinajstić information content (AvgIpc) is 3.12. The molecular weight excluding hydrogens is 312 g/mol. The maximum absolute atomic E-state index is 12.0. The van der Waals surface area contributed by atoms with Crippen LogP contribution in [-0.4, -0.2) is 4.98 Å². The van der Waals surface area contributed by atoms with E-state index in [4.69, 9.17) is 4.42 Å². The Labute approximate surface area is 146 Å². The molecule has 0 aliphatic heterocycles. The number of nitrogens with one attached hydrogen (secondary N) is 2. The molecule has 2 aromatic heterocycles. The van der Waals surface area contributed by atoms with Crippen molar-refractivity contribution in [2.24, 2.45) is 0 Å². The number of furan rings is 1. The molecule has 2 N–H and O–H groups in total. The molecule has 1 aliphatic rings. The monoisotopic (exact) mass is 334 g/mol. The smallest absolute Gasteiger partial charge is 0.251 e. The van der Waals surface area contributed by atoms with Crippen molar-refractivity contribution in [3.8, 4) is 11.3 Å². The van der Waals surface area contributed by atoms with Crippen LogP contribution in [0, 0.1) is 0 Å². The Morgan fingerprint density at radius 1 is 0.960 bits per heavy atom. The predicted molar refractivity (Wildman–Crippen MR) is 98.4 cm³/mol. The van der Waals surface area contributed by atoms with E-state index in [1.807, 2.05) is 30.3 Å². The number of aromatic nitrogens is 1. The summed E-state index contributed by atoms with van der Waals surface area (Å²) in [6.07, 6.45) is 5.84. The molecule has 1 aromatic carbocycles. The Bertz CT molecular complexity index is 909. The largest absolute Gasteiger partial charge is 0.460 e. The van der Waals surface area contributed by atoms with Gasteiger partial charge in [-0.05, 0) is 48.9 Å². The van der Waals surface area contributed by atoms with Gasteiger partial charge in [0, 0.05) is 23.9 Å². The lowest BCUT2D eigenvalue weighted by molar-refractivity contribution is 0.492. The van der Waals surface area contributed by atoms with Crippen molar-refractivity contribution in [2.75, 3.05) is 0 Å². The molecule has 3 aromatic rings. The fourth-order valence-corrected chi connectivity index (χ4v) is 3.53. The Balaban J connectivity index is 1.49. The Morgan fingerprint density at radius 3 is 2.60 bits per heavy atom. The summed E-state index contributed by atoms with van der Waals surface area (Å²) in [5, 5.41) is 3.40. The molecule has 0 atom stereocenters. The second-order valence-electron chi connectivity index (χ2n) is 6.55. The van der Waals surface area contributed by atoms with E-state index in [0.717, 1.165) is 60.4 Å². The van der Waals surface area contributed by atoms with E-state index in [0.29, 0.717) is 6.54 Å². The van der Waals surface area contributed by atoms with E-state index < -0.39 is 0 Å². The van der Waals surface area contributed by atoms with Gasteiger partial charge in [0.15, 0.2) is 0 Å². The molecule has 0 fully saturated rings. The SMILES string of the molecule is O=c1[nH]cc(-c2ccc(CNCc3ccccc3)o2)c2c1CCCC2. The molecule has 4 rings (SSSR count). The van der Waals surface area contributed by atoms with E-state index in [9.17, 15) is 4.79 Å². The summed E-state index contributed by atoms with van der Waals surface area (Å²) in [7, 11) is 0. The maximum atomic E-state index is 12.0. The Hall–Kier alpha value is -2.59. The normalized spacial score (nSPS) is 13.6. The molecule has 1 aliphatic carbocycles. The van der Waals surface area contributed by atoms with Gasteiger partial charge in [0.05, 0.1) is 6.54 Å². The highest BCUT2D eigenvalue weighted by atomic mass is 16.3. The second kappa shape index (κ2) is 7.11. The van der Waals surface area contributed by atoms with Gasteiger partial charge in [-0.2, -0.15) is 0 Å². The molecule has 25 heavy (non-hydrogen) atoms. The molecule has 0 bridgehead atoms. The van der Waals surface area contributed by atoms with E-state index >= 15 is 0 Å². The molecule has 4 heteroatoms. The van der Waals surface area contributed by atoms with Crippen molar-refractivity contribution in [1.82, 2.24) is 10.3 Å². The molecule has 0 amide bonds. The highest BCUT2D eigenvalue weighted by Gasteiger charge is 2.19. The zero-order valence-electron chi connectivity index (χ0n) is 14.2. The van der Waals surface area contributed by atoms with Crippen molar-refractivity contribution in [1.29, 1.82) is 0 Å². The molecule has 2 heterocycles. The van der Waals surface area contributed by atoms with Crippen LogP contribution in [0.2, 0.25) is 0 Å². The fourth-order valence-electron chi connectivity index (χ4n) is 3.53. The Kier molecular flexibility index (Phi) is 4.53. The lowest BCUT2D eigenvalue weighted by atomic mass is 9.89. The van der Waals surface area contributed by atoms with Crippen molar-refractivity contribution in [3.63, 3.8) is 0 Å². The number of fused-ring (bicyclic) bond motifs is 1. The number of aromatic amines is 1. The molecule has 0 radical (unpaired) electrons.